The van der Waals surface area contributed by atoms with Crippen molar-refractivity contribution < 1.29 is 17.9 Å². The van der Waals surface area contributed by atoms with Crippen LogP contribution in [0.1, 0.15) is 22.8 Å². The number of rotatable bonds is 5. The van der Waals surface area contributed by atoms with Crippen LogP contribution in [0.2, 0.25) is 0 Å². The molecule has 0 bridgehead atoms. The van der Waals surface area contributed by atoms with Crippen LogP contribution in [-0.2, 0) is 21.2 Å². The zero-order valence-corrected chi connectivity index (χ0v) is 19.8. The number of hydrogen-bond donors (Lipinski definition) is 1. The van der Waals surface area contributed by atoms with Crippen molar-refractivity contribution in [3.8, 4) is 0 Å². The molecule has 7 nitrogen and oxygen atoms in total. The van der Waals surface area contributed by atoms with Crippen molar-refractivity contribution in [2.24, 2.45) is 0 Å². The Hall–Kier alpha value is -3.36. The zero-order valence-electron chi connectivity index (χ0n) is 19.0. The van der Waals surface area contributed by atoms with Gasteiger partial charge in [-0.3, -0.25) is 9.10 Å². The number of nitrogens with zero attached hydrogens (tertiary/aromatic N) is 2. The number of ether oxygens (including phenoxy) is 1. The molecular weight excluding hydrogens is 450 g/mol. The molecule has 2 aliphatic heterocycles. The monoisotopic (exact) mass is 477 g/mol. The number of benzene rings is 3. The van der Waals surface area contributed by atoms with Gasteiger partial charge in [0.15, 0.2) is 0 Å². The SMILES string of the molecule is C[C@H]1Cc2ccccc2N1S(=O)(=O)c1cccc(C(=O)Nc2ccccc2N2CCOCC2)c1. The van der Waals surface area contributed by atoms with Crippen LogP contribution in [0, 0.1) is 0 Å². The van der Waals surface area contributed by atoms with Crippen molar-refractivity contribution >= 4 is 33.0 Å². The topological polar surface area (TPSA) is 79.0 Å². The van der Waals surface area contributed by atoms with E-state index in [9.17, 15) is 13.2 Å². The summed E-state index contributed by atoms with van der Waals surface area (Å²) in [7, 11) is -3.82. The standard InChI is InChI=1S/C26H27N3O4S/c1-19-17-20-7-2-4-11-24(20)29(19)34(31,32)22-9-6-8-21(18-22)26(30)27-23-10-3-5-12-25(23)28-13-15-33-16-14-28/h2-12,18-19H,13-17H2,1H3,(H,27,30)/t19-/m0/s1. The van der Waals surface area contributed by atoms with Gasteiger partial charge in [-0.25, -0.2) is 8.42 Å². The minimum atomic E-state index is -3.82. The van der Waals surface area contributed by atoms with Crippen molar-refractivity contribution in [1.29, 1.82) is 0 Å². The fourth-order valence-corrected chi connectivity index (χ4v) is 6.41. The van der Waals surface area contributed by atoms with E-state index in [0.29, 0.717) is 31.0 Å². The quantitative estimate of drug-likeness (QED) is 0.603. The van der Waals surface area contributed by atoms with E-state index in [2.05, 4.69) is 10.2 Å². The first-order valence-electron chi connectivity index (χ1n) is 11.4. The van der Waals surface area contributed by atoms with E-state index in [1.54, 1.807) is 18.2 Å². The van der Waals surface area contributed by atoms with Crippen molar-refractivity contribution in [3.05, 3.63) is 83.9 Å². The van der Waals surface area contributed by atoms with Crippen molar-refractivity contribution in [3.63, 3.8) is 0 Å². The molecule has 0 aromatic heterocycles. The van der Waals surface area contributed by atoms with Crippen LogP contribution in [0.3, 0.4) is 0 Å². The molecule has 3 aromatic carbocycles. The van der Waals surface area contributed by atoms with Gasteiger partial charge >= 0.3 is 0 Å². The molecule has 1 N–H and O–H groups in total. The Labute approximate surface area is 200 Å². The number of para-hydroxylation sites is 3. The van der Waals surface area contributed by atoms with Gasteiger partial charge in [0, 0.05) is 24.7 Å². The lowest BCUT2D eigenvalue weighted by molar-refractivity contribution is 0.102. The van der Waals surface area contributed by atoms with Crippen molar-refractivity contribution in [2.75, 3.05) is 40.8 Å². The lowest BCUT2D eigenvalue weighted by Gasteiger charge is -2.30. The molecule has 0 aliphatic carbocycles. The van der Waals surface area contributed by atoms with E-state index in [0.717, 1.165) is 24.3 Å². The predicted octanol–water partition coefficient (Wildman–Crippen LogP) is 3.92. The number of anilines is 3. The molecule has 0 saturated carbocycles. The Morgan fingerprint density at radius 3 is 2.44 bits per heavy atom. The van der Waals surface area contributed by atoms with Gasteiger partial charge in [-0.2, -0.15) is 0 Å². The average Bonchev–Trinajstić information content (AvgIpc) is 3.21. The van der Waals surface area contributed by atoms with E-state index < -0.39 is 10.0 Å². The highest BCUT2D eigenvalue weighted by Gasteiger charge is 2.36. The number of amides is 1. The molecule has 8 heteroatoms. The molecule has 1 atom stereocenters. The molecule has 176 valence electrons. The highest BCUT2D eigenvalue weighted by atomic mass is 32.2. The van der Waals surface area contributed by atoms with Crippen LogP contribution in [0.15, 0.2) is 77.7 Å². The summed E-state index contributed by atoms with van der Waals surface area (Å²) in [6.45, 7) is 4.67. The summed E-state index contributed by atoms with van der Waals surface area (Å²) >= 11 is 0. The Balaban J connectivity index is 1.42. The number of hydrogen-bond acceptors (Lipinski definition) is 5. The molecule has 1 saturated heterocycles. The molecule has 3 aromatic rings. The lowest BCUT2D eigenvalue weighted by atomic mass is 10.1. The summed E-state index contributed by atoms with van der Waals surface area (Å²) < 4.78 is 34.1. The van der Waals surface area contributed by atoms with Gasteiger partial charge < -0.3 is 15.0 Å². The second-order valence-electron chi connectivity index (χ2n) is 8.58. The average molecular weight is 478 g/mol. The Bertz CT molecular complexity index is 1320. The molecule has 34 heavy (non-hydrogen) atoms. The fourth-order valence-electron chi connectivity index (χ4n) is 4.67. The molecule has 2 aliphatic rings. The Morgan fingerprint density at radius 2 is 1.65 bits per heavy atom. The Morgan fingerprint density at radius 1 is 0.941 bits per heavy atom. The summed E-state index contributed by atoms with van der Waals surface area (Å²) in [5, 5.41) is 2.97. The van der Waals surface area contributed by atoms with E-state index in [1.807, 2.05) is 55.5 Å². The minimum absolute atomic E-state index is 0.102. The third-order valence-electron chi connectivity index (χ3n) is 6.30. The van der Waals surface area contributed by atoms with Crippen LogP contribution >= 0.6 is 0 Å². The van der Waals surface area contributed by atoms with Gasteiger partial charge in [0.1, 0.15) is 0 Å². The Kier molecular flexibility index (Phi) is 6.02. The van der Waals surface area contributed by atoms with Crippen LogP contribution in [0.5, 0.6) is 0 Å². The predicted molar refractivity (Wildman–Crippen MR) is 133 cm³/mol. The first kappa shape index (κ1) is 22.4. The number of sulfonamides is 1. The second-order valence-corrected chi connectivity index (χ2v) is 10.4. The minimum Gasteiger partial charge on any atom is -0.378 e. The molecule has 0 radical (unpaired) electrons. The maximum Gasteiger partial charge on any atom is 0.264 e. The number of nitrogens with one attached hydrogen (secondary N) is 1. The van der Waals surface area contributed by atoms with Gasteiger partial charge in [0.05, 0.1) is 35.2 Å². The number of morpholine rings is 1. The van der Waals surface area contributed by atoms with E-state index in [4.69, 9.17) is 4.74 Å². The molecule has 0 spiro atoms. The van der Waals surface area contributed by atoms with Gasteiger partial charge in [0.2, 0.25) is 0 Å². The van der Waals surface area contributed by atoms with E-state index in [1.165, 1.54) is 10.4 Å². The molecule has 1 amide bonds. The van der Waals surface area contributed by atoms with Gasteiger partial charge in [-0.1, -0.05) is 36.4 Å². The molecule has 0 unspecified atom stereocenters. The summed E-state index contributed by atoms with van der Waals surface area (Å²) in [6, 6.07) is 21.2. The van der Waals surface area contributed by atoms with Crippen LogP contribution in [0.4, 0.5) is 17.1 Å². The van der Waals surface area contributed by atoms with Crippen molar-refractivity contribution in [1.82, 2.24) is 0 Å². The molecular formula is C26H27N3O4S. The molecule has 5 rings (SSSR count). The summed E-state index contributed by atoms with van der Waals surface area (Å²) in [5.41, 5.74) is 3.60. The summed E-state index contributed by atoms with van der Waals surface area (Å²) in [6.07, 6.45) is 0.661. The summed E-state index contributed by atoms with van der Waals surface area (Å²) in [4.78, 5) is 15.4. The van der Waals surface area contributed by atoms with Crippen molar-refractivity contribution in [2.45, 2.75) is 24.3 Å². The third-order valence-corrected chi connectivity index (χ3v) is 8.23. The number of fused-ring (bicyclic) bond motifs is 1. The van der Waals surface area contributed by atoms with Crippen LogP contribution in [0.25, 0.3) is 0 Å². The first-order chi connectivity index (χ1) is 16.4. The van der Waals surface area contributed by atoms with Crippen LogP contribution < -0.4 is 14.5 Å². The van der Waals surface area contributed by atoms with E-state index in [-0.39, 0.29) is 22.4 Å². The number of carbonyl (C=O) groups excluding carboxylic acids is 1. The normalized spacial score (nSPS) is 18.0. The smallest absolute Gasteiger partial charge is 0.264 e. The largest absolute Gasteiger partial charge is 0.378 e. The summed E-state index contributed by atoms with van der Waals surface area (Å²) in [5.74, 6) is -0.354. The van der Waals surface area contributed by atoms with Gasteiger partial charge in [0.25, 0.3) is 15.9 Å². The highest BCUT2D eigenvalue weighted by molar-refractivity contribution is 7.92. The third kappa shape index (κ3) is 4.15. The van der Waals surface area contributed by atoms with Gasteiger partial charge in [-0.15, -0.1) is 0 Å². The molecule has 2 heterocycles. The maximum absolute atomic E-state index is 13.6. The zero-order chi connectivity index (χ0) is 23.7. The first-order valence-corrected chi connectivity index (χ1v) is 12.8. The van der Waals surface area contributed by atoms with E-state index >= 15 is 0 Å². The lowest BCUT2D eigenvalue weighted by Crippen LogP contribution is -2.36. The maximum atomic E-state index is 13.6. The molecule has 1 fully saturated rings. The number of carbonyl (C=O) groups is 1. The fraction of sp³-hybridized carbons (Fsp3) is 0.269. The van der Waals surface area contributed by atoms with Crippen LogP contribution in [-0.4, -0.2) is 46.7 Å². The van der Waals surface area contributed by atoms with Gasteiger partial charge in [-0.05, 0) is 55.3 Å². The second kappa shape index (κ2) is 9.12. The highest BCUT2D eigenvalue weighted by Crippen LogP contribution is 2.36.